The molecule has 1 saturated heterocycles. The van der Waals surface area contributed by atoms with Gasteiger partial charge in [-0.1, -0.05) is 31.4 Å². The van der Waals surface area contributed by atoms with Gasteiger partial charge in [0.2, 0.25) is 11.9 Å². The number of anilines is 1. The minimum absolute atomic E-state index is 0.00544. The number of amides is 3. The van der Waals surface area contributed by atoms with Crippen molar-refractivity contribution in [2.45, 2.75) is 52.1 Å². The Balaban J connectivity index is 1.27. The minimum Gasteiger partial charge on any atom is -0.504 e. The lowest BCUT2D eigenvalue weighted by molar-refractivity contribution is -0.137. The van der Waals surface area contributed by atoms with Crippen molar-refractivity contribution in [1.29, 1.82) is 0 Å². The number of piperazine rings is 1. The van der Waals surface area contributed by atoms with Crippen LogP contribution in [0.2, 0.25) is 5.02 Å². The van der Waals surface area contributed by atoms with E-state index in [9.17, 15) is 32.7 Å². The first kappa shape index (κ1) is 34.0. The summed E-state index contributed by atoms with van der Waals surface area (Å²) < 4.78 is 39.5. The number of aliphatic imine (C=N–C) groups is 1. The Morgan fingerprint density at radius 2 is 1.86 bits per heavy atom. The van der Waals surface area contributed by atoms with Gasteiger partial charge in [-0.15, -0.1) is 0 Å². The summed E-state index contributed by atoms with van der Waals surface area (Å²) in [5.41, 5.74) is 3.18. The molecule has 0 bridgehead atoms. The van der Waals surface area contributed by atoms with Crippen LogP contribution in [0, 0.1) is 12.8 Å². The molecule has 1 saturated carbocycles. The molecule has 260 valence electrons. The quantitative estimate of drug-likeness (QED) is 0.386. The average molecular weight is 702 g/mol. The summed E-state index contributed by atoms with van der Waals surface area (Å²) in [4.78, 5) is 58.4. The number of fused-ring (bicyclic) bond motifs is 1. The molecule has 3 amide bonds. The van der Waals surface area contributed by atoms with Crippen LogP contribution in [-0.2, 0) is 15.8 Å². The Hall–Kier alpha value is -4.86. The number of hydrazine groups is 1. The predicted octanol–water partition coefficient (Wildman–Crippen LogP) is 4.23. The highest BCUT2D eigenvalue weighted by molar-refractivity contribution is 6.33. The highest BCUT2D eigenvalue weighted by atomic mass is 35.5. The molecule has 0 unspecified atom stereocenters. The van der Waals surface area contributed by atoms with E-state index in [-0.39, 0.29) is 72.4 Å². The number of carbonyl (C=O) groups is 3. The Labute approximate surface area is 285 Å². The lowest BCUT2D eigenvalue weighted by Gasteiger charge is -2.43. The van der Waals surface area contributed by atoms with Crippen molar-refractivity contribution >= 4 is 41.0 Å². The summed E-state index contributed by atoms with van der Waals surface area (Å²) in [6, 6.07) is 2.68. The molecule has 1 aliphatic carbocycles. The van der Waals surface area contributed by atoms with Crippen LogP contribution in [0.4, 0.5) is 18.9 Å². The van der Waals surface area contributed by atoms with Crippen molar-refractivity contribution in [2.75, 3.05) is 38.0 Å². The van der Waals surface area contributed by atoms with Crippen LogP contribution in [0.1, 0.15) is 60.8 Å². The molecule has 1 aromatic heterocycles. The molecule has 0 spiro atoms. The van der Waals surface area contributed by atoms with E-state index in [2.05, 4.69) is 20.7 Å². The number of carbonyl (C=O) groups excluding carboxylic acids is 3. The second-order valence-electron chi connectivity index (χ2n) is 12.2. The van der Waals surface area contributed by atoms with Gasteiger partial charge in [0.05, 0.1) is 27.7 Å². The molecule has 3 N–H and O–H groups in total. The molecule has 4 heterocycles. The number of guanidine groups is 1. The van der Waals surface area contributed by atoms with Gasteiger partial charge in [-0.2, -0.15) is 23.2 Å². The second-order valence-corrected chi connectivity index (χ2v) is 12.6. The third-order valence-electron chi connectivity index (χ3n) is 8.98. The van der Waals surface area contributed by atoms with E-state index in [1.807, 2.05) is 17.9 Å². The number of halogens is 4. The van der Waals surface area contributed by atoms with Gasteiger partial charge in [0.25, 0.3) is 11.8 Å². The fourth-order valence-electron chi connectivity index (χ4n) is 6.44. The predicted molar refractivity (Wildman–Crippen MR) is 172 cm³/mol. The number of allylic oxidation sites excluding steroid dienone is 2. The van der Waals surface area contributed by atoms with Gasteiger partial charge in [0.15, 0.2) is 11.4 Å². The van der Waals surface area contributed by atoms with Crippen molar-refractivity contribution < 1.29 is 32.7 Å². The average Bonchev–Trinajstić information content (AvgIpc) is 3.74. The Bertz CT molecular complexity index is 1770. The number of benzene rings is 1. The number of rotatable bonds is 7. The van der Waals surface area contributed by atoms with Crippen LogP contribution in [0.3, 0.4) is 0 Å². The Morgan fingerprint density at radius 3 is 2.51 bits per heavy atom. The van der Waals surface area contributed by atoms with E-state index in [1.54, 1.807) is 16.7 Å². The van der Waals surface area contributed by atoms with Crippen LogP contribution in [-0.4, -0.2) is 91.2 Å². The minimum atomic E-state index is -4.60. The van der Waals surface area contributed by atoms with Gasteiger partial charge < -0.3 is 25.1 Å². The zero-order valence-electron chi connectivity index (χ0n) is 26.8. The van der Waals surface area contributed by atoms with E-state index in [1.165, 1.54) is 11.3 Å². The van der Waals surface area contributed by atoms with E-state index < -0.39 is 23.6 Å². The molecular weight excluding hydrogens is 667 g/mol. The molecule has 1 aromatic carbocycles. The van der Waals surface area contributed by atoms with Crippen LogP contribution >= 0.6 is 11.6 Å². The molecule has 13 nitrogen and oxygen atoms in total. The summed E-state index contributed by atoms with van der Waals surface area (Å²) in [6.07, 6.45) is 3.15. The summed E-state index contributed by atoms with van der Waals surface area (Å²) in [7, 11) is 0. The SMILES string of the molecule is CCC1=C(N2CCN(C(=O)c3ncnc(C)c3O)CC2)C(=O)N2NC(=CC3CCCC3)N=C2N1CC(=O)Nc1ccc(C(F)(F)F)cc1Cl. The van der Waals surface area contributed by atoms with E-state index >= 15 is 0 Å². The highest BCUT2D eigenvalue weighted by Gasteiger charge is 2.44. The normalized spacial score (nSPS) is 19.4. The van der Waals surface area contributed by atoms with Crippen LogP contribution in [0.15, 0.2) is 52.8 Å². The first-order valence-corrected chi connectivity index (χ1v) is 16.4. The fourth-order valence-corrected chi connectivity index (χ4v) is 6.67. The fraction of sp³-hybridized carbons (Fsp3) is 0.438. The van der Waals surface area contributed by atoms with E-state index in [0.29, 0.717) is 29.6 Å². The standard InChI is InChI=1S/C32H35ClF3N9O4/c1-3-23-27(42-10-12-43(13-11-42)29(48)26-28(47)18(2)37-17-38-26)30(49)45-31(40-24(41-45)14-19-6-4-5-7-19)44(23)16-25(46)39-22-9-8-20(15-21(22)33)32(34,35)36/h8-9,14-15,17,19,41,47H,3-7,10-13,16H2,1-2H3,(H,39,46). The zero-order valence-corrected chi connectivity index (χ0v) is 27.6. The molecule has 2 aromatic rings. The number of nitrogens with one attached hydrogen (secondary N) is 2. The number of nitrogens with zero attached hydrogens (tertiary/aromatic N) is 7. The lowest BCUT2D eigenvalue weighted by atomic mass is 10.1. The molecule has 2 fully saturated rings. The van der Waals surface area contributed by atoms with Gasteiger partial charge in [-0.05, 0) is 56.4 Å². The number of aromatic hydroxyl groups is 1. The van der Waals surface area contributed by atoms with Crippen molar-refractivity contribution in [3.05, 3.63) is 69.8 Å². The number of alkyl halides is 3. The molecule has 0 atom stereocenters. The van der Waals surface area contributed by atoms with E-state index in [4.69, 9.17) is 16.6 Å². The summed E-state index contributed by atoms with van der Waals surface area (Å²) in [6.45, 7) is 4.08. The summed E-state index contributed by atoms with van der Waals surface area (Å²) in [5, 5.41) is 14.0. The van der Waals surface area contributed by atoms with Gasteiger partial charge in [-0.3, -0.25) is 19.8 Å². The first-order chi connectivity index (χ1) is 23.3. The highest BCUT2D eigenvalue weighted by Crippen LogP contribution is 2.35. The monoisotopic (exact) mass is 701 g/mol. The van der Waals surface area contributed by atoms with Crippen molar-refractivity contribution in [2.24, 2.45) is 10.9 Å². The molecule has 0 radical (unpaired) electrons. The Kier molecular flexibility index (Phi) is 9.42. The van der Waals surface area contributed by atoms with Crippen molar-refractivity contribution in [3.63, 3.8) is 0 Å². The molecule has 6 rings (SSSR count). The van der Waals surface area contributed by atoms with Gasteiger partial charge in [-0.25, -0.2) is 9.97 Å². The topological polar surface area (TPSA) is 147 Å². The van der Waals surface area contributed by atoms with Crippen molar-refractivity contribution in [3.8, 4) is 5.75 Å². The third kappa shape index (κ3) is 6.86. The second kappa shape index (κ2) is 13.6. The summed E-state index contributed by atoms with van der Waals surface area (Å²) >= 11 is 6.11. The van der Waals surface area contributed by atoms with Crippen molar-refractivity contribution in [1.82, 2.24) is 35.1 Å². The number of hydrogen-bond donors (Lipinski definition) is 3. The van der Waals surface area contributed by atoms with Gasteiger partial charge in [0.1, 0.15) is 24.4 Å². The molecule has 3 aliphatic heterocycles. The number of hydrogen-bond acceptors (Lipinski definition) is 10. The largest absolute Gasteiger partial charge is 0.504 e. The van der Waals surface area contributed by atoms with Gasteiger partial charge in [0, 0.05) is 26.2 Å². The van der Waals surface area contributed by atoms with E-state index in [0.717, 1.165) is 43.9 Å². The number of aryl methyl sites for hydroxylation is 1. The molecule has 17 heteroatoms. The third-order valence-corrected chi connectivity index (χ3v) is 9.30. The van der Waals surface area contributed by atoms with Crippen LogP contribution < -0.4 is 10.7 Å². The maximum atomic E-state index is 14.1. The zero-order chi connectivity index (χ0) is 35.0. The maximum absolute atomic E-state index is 14.1. The summed E-state index contributed by atoms with van der Waals surface area (Å²) in [5.74, 6) is -0.730. The smallest absolute Gasteiger partial charge is 0.416 e. The molecule has 4 aliphatic rings. The first-order valence-electron chi connectivity index (χ1n) is 16.0. The van der Waals surface area contributed by atoms with Crippen LogP contribution in [0.25, 0.3) is 0 Å². The lowest BCUT2D eigenvalue weighted by Crippen LogP contribution is -2.59. The Morgan fingerprint density at radius 1 is 1.14 bits per heavy atom. The molecular formula is C32H35ClF3N9O4. The molecule has 49 heavy (non-hydrogen) atoms. The van der Waals surface area contributed by atoms with Crippen LogP contribution in [0.5, 0.6) is 5.75 Å². The maximum Gasteiger partial charge on any atom is 0.416 e. The van der Waals surface area contributed by atoms with Gasteiger partial charge >= 0.3 is 6.18 Å². The number of aromatic nitrogens is 2.